The van der Waals surface area contributed by atoms with Crippen molar-refractivity contribution in [2.45, 2.75) is 6.54 Å². The van der Waals surface area contributed by atoms with Gasteiger partial charge < -0.3 is 9.80 Å². The summed E-state index contributed by atoms with van der Waals surface area (Å²) in [4.78, 5) is 15.4. The predicted octanol–water partition coefficient (Wildman–Crippen LogP) is -0.00670. The van der Waals surface area contributed by atoms with Crippen LogP contribution in [0.25, 0.3) is 0 Å². The van der Waals surface area contributed by atoms with E-state index in [-0.39, 0.29) is 0 Å². The molecular weight excluding hydrogens is 280 g/mol. The van der Waals surface area contributed by atoms with Crippen molar-refractivity contribution in [2.75, 3.05) is 50.1 Å². The quantitative estimate of drug-likeness (QED) is 0.787. The largest absolute Gasteiger partial charge is 0.363 e. The van der Waals surface area contributed by atoms with Gasteiger partial charge in [-0.3, -0.25) is 9.58 Å². The number of aromatic nitrogens is 5. The van der Waals surface area contributed by atoms with E-state index < -0.39 is 0 Å². The molecule has 1 aliphatic rings. The monoisotopic (exact) mass is 302 g/mol. The normalized spacial score (nSPS) is 16.0. The minimum atomic E-state index is 0.856. The van der Waals surface area contributed by atoms with E-state index in [0.717, 1.165) is 50.1 Å². The van der Waals surface area contributed by atoms with Crippen LogP contribution in [0, 0.1) is 0 Å². The van der Waals surface area contributed by atoms with Crippen LogP contribution in [0.3, 0.4) is 0 Å². The molecule has 0 atom stereocenters. The molecule has 118 valence electrons. The minimum Gasteiger partial charge on any atom is -0.363 e. The summed E-state index contributed by atoms with van der Waals surface area (Å²) in [5.74, 6) is 1.94. The van der Waals surface area contributed by atoms with Crippen LogP contribution in [0.4, 0.5) is 11.6 Å². The van der Waals surface area contributed by atoms with Crippen LogP contribution in [-0.4, -0.2) is 70.1 Å². The van der Waals surface area contributed by atoms with Gasteiger partial charge in [-0.25, -0.2) is 9.97 Å². The number of anilines is 2. The standard InChI is InChI=1S/C14H22N8/c1-19(2)13-8-14(16-11-15-13)22-6-4-21(5-7-22)10-12-9-20(3)18-17-12/h8-9,11H,4-7,10H2,1-3H3. The van der Waals surface area contributed by atoms with E-state index in [9.17, 15) is 0 Å². The molecule has 0 radical (unpaired) electrons. The van der Waals surface area contributed by atoms with Crippen LogP contribution in [-0.2, 0) is 13.6 Å². The Morgan fingerprint density at radius 1 is 1.14 bits per heavy atom. The van der Waals surface area contributed by atoms with E-state index in [1.165, 1.54) is 0 Å². The SMILES string of the molecule is CN(C)c1cc(N2CCN(Cc3cn(C)nn3)CC2)ncn1. The van der Waals surface area contributed by atoms with E-state index >= 15 is 0 Å². The van der Waals surface area contributed by atoms with Crippen molar-refractivity contribution < 1.29 is 0 Å². The number of rotatable bonds is 4. The van der Waals surface area contributed by atoms with Crippen molar-refractivity contribution >= 4 is 11.6 Å². The second-order valence-corrected chi connectivity index (χ2v) is 5.78. The Morgan fingerprint density at radius 3 is 2.55 bits per heavy atom. The van der Waals surface area contributed by atoms with Crippen LogP contribution in [0.5, 0.6) is 0 Å². The topological polar surface area (TPSA) is 66.2 Å². The van der Waals surface area contributed by atoms with E-state index in [0.29, 0.717) is 0 Å². The van der Waals surface area contributed by atoms with Crippen molar-refractivity contribution in [3.05, 3.63) is 24.3 Å². The average Bonchev–Trinajstić information content (AvgIpc) is 2.93. The Morgan fingerprint density at radius 2 is 1.91 bits per heavy atom. The van der Waals surface area contributed by atoms with Gasteiger partial charge in [-0.1, -0.05) is 5.21 Å². The van der Waals surface area contributed by atoms with Gasteiger partial charge in [0.05, 0.1) is 5.69 Å². The summed E-state index contributed by atoms with van der Waals surface area (Å²) in [5.41, 5.74) is 1.02. The third-order valence-electron chi connectivity index (χ3n) is 3.83. The van der Waals surface area contributed by atoms with Gasteiger partial charge in [0.1, 0.15) is 18.0 Å². The van der Waals surface area contributed by atoms with Gasteiger partial charge in [0.25, 0.3) is 0 Å². The van der Waals surface area contributed by atoms with Crippen molar-refractivity contribution in [1.82, 2.24) is 29.9 Å². The molecule has 3 heterocycles. The first-order chi connectivity index (χ1) is 10.6. The lowest BCUT2D eigenvalue weighted by molar-refractivity contribution is 0.246. The molecule has 0 saturated carbocycles. The first-order valence-electron chi connectivity index (χ1n) is 7.43. The van der Waals surface area contributed by atoms with E-state index in [4.69, 9.17) is 0 Å². The van der Waals surface area contributed by atoms with Gasteiger partial charge in [0.2, 0.25) is 0 Å². The van der Waals surface area contributed by atoms with Crippen LogP contribution < -0.4 is 9.80 Å². The Kier molecular flexibility index (Phi) is 4.19. The van der Waals surface area contributed by atoms with Crippen molar-refractivity contribution in [2.24, 2.45) is 7.05 Å². The highest BCUT2D eigenvalue weighted by Crippen LogP contribution is 2.18. The lowest BCUT2D eigenvalue weighted by Gasteiger charge is -2.35. The van der Waals surface area contributed by atoms with Crippen LogP contribution in [0.2, 0.25) is 0 Å². The number of aryl methyl sites for hydroxylation is 1. The lowest BCUT2D eigenvalue weighted by atomic mass is 10.3. The fraction of sp³-hybridized carbons (Fsp3) is 0.571. The molecular formula is C14H22N8. The zero-order valence-corrected chi connectivity index (χ0v) is 13.3. The van der Waals surface area contributed by atoms with Crippen LogP contribution >= 0.6 is 0 Å². The highest BCUT2D eigenvalue weighted by Gasteiger charge is 2.19. The highest BCUT2D eigenvalue weighted by atomic mass is 15.4. The first-order valence-corrected chi connectivity index (χ1v) is 7.43. The molecule has 3 rings (SSSR count). The molecule has 22 heavy (non-hydrogen) atoms. The summed E-state index contributed by atoms with van der Waals surface area (Å²) in [7, 11) is 5.88. The summed E-state index contributed by atoms with van der Waals surface area (Å²) in [6, 6.07) is 2.04. The molecule has 8 heteroatoms. The summed E-state index contributed by atoms with van der Waals surface area (Å²) < 4.78 is 1.75. The fourth-order valence-electron chi connectivity index (χ4n) is 2.59. The maximum absolute atomic E-state index is 4.40. The summed E-state index contributed by atoms with van der Waals surface area (Å²) in [6.07, 6.45) is 3.61. The molecule has 0 spiro atoms. The summed E-state index contributed by atoms with van der Waals surface area (Å²) in [5, 5.41) is 8.13. The Balaban J connectivity index is 1.58. The predicted molar refractivity (Wildman–Crippen MR) is 84.9 cm³/mol. The smallest absolute Gasteiger partial charge is 0.134 e. The minimum absolute atomic E-state index is 0.856. The first kappa shape index (κ1) is 14.7. The van der Waals surface area contributed by atoms with Gasteiger partial charge in [0, 0.05) is 66.1 Å². The number of piperazine rings is 1. The Labute approximate surface area is 130 Å². The molecule has 0 N–H and O–H groups in total. The van der Waals surface area contributed by atoms with Crippen molar-refractivity contribution in [3.8, 4) is 0 Å². The highest BCUT2D eigenvalue weighted by molar-refractivity contribution is 5.49. The fourth-order valence-corrected chi connectivity index (χ4v) is 2.59. The second kappa shape index (κ2) is 6.27. The molecule has 1 fully saturated rings. The van der Waals surface area contributed by atoms with E-state index in [1.54, 1.807) is 11.0 Å². The third-order valence-corrected chi connectivity index (χ3v) is 3.83. The van der Waals surface area contributed by atoms with Gasteiger partial charge in [-0.2, -0.15) is 0 Å². The molecule has 0 amide bonds. The molecule has 0 aliphatic carbocycles. The van der Waals surface area contributed by atoms with Gasteiger partial charge in [-0.15, -0.1) is 5.10 Å². The number of nitrogens with zero attached hydrogens (tertiary/aromatic N) is 8. The van der Waals surface area contributed by atoms with Crippen LogP contribution in [0.15, 0.2) is 18.6 Å². The molecule has 2 aromatic rings. The average molecular weight is 302 g/mol. The molecule has 2 aromatic heterocycles. The third kappa shape index (κ3) is 3.33. The molecule has 8 nitrogen and oxygen atoms in total. The Hall–Kier alpha value is -2.22. The molecule has 1 aliphatic heterocycles. The van der Waals surface area contributed by atoms with Gasteiger partial charge in [0.15, 0.2) is 0 Å². The number of hydrogen-bond donors (Lipinski definition) is 0. The molecule has 0 unspecified atom stereocenters. The van der Waals surface area contributed by atoms with Crippen molar-refractivity contribution in [1.29, 1.82) is 0 Å². The molecule has 0 bridgehead atoms. The van der Waals surface area contributed by atoms with Crippen LogP contribution in [0.1, 0.15) is 5.69 Å². The number of hydrogen-bond acceptors (Lipinski definition) is 7. The maximum Gasteiger partial charge on any atom is 0.134 e. The van der Waals surface area contributed by atoms with Gasteiger partial charge in [-0.05, 0) is 0 Å². The van der Waals surface area contributed by atoms with E-state index in [2.05, 4.69) is 30.1 Å². The Bertz CT molecular complexity index is 615. The molecule has 0 aromatic carbocycles. The summed E-state index contributed by atoms with van der Waals surface area (Å²) in [6.45, 7) is 4.78. The summed E-state index contributed by atoms with van der Waals surface area (Å²) >= 11 is 0. The van der Waals surface area contributed by atoms with E-state index in [1.807, 2.05) is 38.3 Å². The maximum atomic E-state index is 4.40. The van der Waals surface area contributed by atoms with Gasteiger partial charge >= 0.3 is 0 Å². The zero-order chi connectivity index (χ0) is 15.5. The molecule has 1 saturated heterocycles. The zero-order valence-electron chi connectivity index (χ0n) is 13.3. The second-order valence-electron chi connectivity index (χ2n) is 5.78. The lowest BCUT2D eigenvalue weighted by Crippen LogP contribution is -2.46. The van der Waals surface area contributed by atoms with Crippen molar-refractivity contribution in [3.63, 3.8) is 0 Å².